The number of imidazole rings is 1. The first-order valence-electron chi connectivity index (χ1n) is 9.02. The van der Waals surface area contributed by atoms with Crippen molar-refractivity contribution in [3.63, 3.8) is 0 Å². The lowest BCUT2D eigenvalue weighted by Gasteiger charge is -2.19. The van der Waals surface area contributed by atoms with Crippen molar-refractivity contribution in [3.05, 3.63) is 62.0 Å². The molecule has 0 bridgehead atoms. The Morgan fingerprint density at radius 1 is 1.21 bits per heavy atom. The summed E-state index contributed by atoms with van der Waals surface area (Å²) in [6.45, 7) is -0.0548. The van der Waals surface area contributed by atoms with Gasteiger partial charge in [0.05, 0.1) is 12.4 Å². The molecule has 0 aliphatic heterocycles. The summed E-state index contributed by atoms with van der Waals surface area (Å²) in [6, 6.07) is 7.37. The maximum Gasteiger partial charge on any atom is 0.332 e. The van der Waals surface area contributed by atoms with Crippen LogP contribution in [0.1, 0.15) is 24.4 Å². The number of aromatic nitrogens is 4. The van der Waals surface area contributed by atoms with Gasteiger partial charge in [0, 0.05) is 19.1 Å². The van der Waals surface area contributed by atoms with Crippen LogP contribution >= 0.6 is 11.6 Å². The second-order valence-corrected chi connectivity index (χ2v) is 7.62. The number of rotatable bonds is 5. The molecule has 0 radical (unpaired) electrons. The lowest BCUT2D eigenvalue weighted by Crippen LogP contribution is -2.38. The average molecular weight is 402 g/mol. The molecule has 1 unspecified atom stereocenters. The number of halogens is 1. The monoisotopic (exact) mass is 401 g/mol. The Balaban J connectivity index is 1.61. The summed E-state index contributed by atoms with van der Waals surface area (Å²) in [4.78, 5) is 41.4. The summed E-state index contributed by atoms with van der Waals surface area (Å²) in [5, 5.41) is 3.72. The number of benzene rings is 1. The van der Waals surface area contributed by atoms with Gasteiger partial charge in [0.2, 0.25) is 5.91 Å². The molecule has 0 saturated heterocycles. The molecule has 2 aromatic heterocycles. The zero-order valence-corrected chi connectivity index (χ0v) is 16.3. The van der Waals surface area contributed by atoms with Crippen LogP contribution < -0.4 is 16.6 Å². The Morgan fingerprint density at radius 3 is 2.54 bits per heavy atom. The minimum Gasteiger partial charge on any atom is -0.347 e. The van der Waals surface area contributed by atoms with Gasteiger partial charge in [0.1, 0.15) is 6.54 Å². The quantitative estimate of drug-likeness (QED) is 0.698. The van der Waals surface area contributed by atoms with E-state index < -0.39 is 11.2 Å². The molecule has 9 heteroatoms. The minimum absolute atomic E-state index is 0.0548. The molecule has 1 saturated carbocycles. The molecule has 8 nitrogen and oxygen atoms in total. The molecule has 1 N–H and O–H groups in total. The Morgan fingerprint density at radius 2 is 1.89 bits per heavy atom. The van der Waals surface area contributed by atoms with Gasteiger partial charge in [0.25, 0.3) is 5.56 Å². The molecule has 3 aromatic rings. The summed E-state index contributed by atoms with van der Waals surface area (Å²) in [7, 11) is 2.95. The minimum atomic E-state index is -0.472. The molecule has 1 aromatic carbocycles. The first-order valence-corrected chi connectivity index (χ1v) is 9.40. The Labute approximate surface area is 165 Å². The number of carbonyl (C=O) groups excluding carboxylic acids is 1. The Kier molecular flexibility index (Phi) is 4.58. The number of fused-ring (bicyclic) bond motifs is 1. The SMILES string of the molecule is Cn1c(=O)c2c(ncn2CC(=O)NC(c2ccc(Cl)cc2)C2CC2)n(C)c1=O. The van der Waals surface area contributed by atoms with Gasteiger partial charge >= 0.3 is 5.69 Å². The van der Waals surface area contributed by atoms with Gasteiger partial charge in [0.15, 0.2) is 11.2 Å². The molecule has 1 fully saturated rings. The van der Waals surface area contributed by atoms with E-state index in [9.17, 15) is 14.4 Å². The van der Waals surface area contributed by atoms with Crippen LogP contribution in [0.15, 0.2) is 40.2 Å². The summed E-state index contributed by atoms with van der Waals surface area (Å²) in [5.74, 6) is 0.181. The van der Waals surface area contributed by atoms with Crippen molar-refractivity contribution in [1.82, 2.24) is 24.0 Å². The smallest absolute Gasteiger partial charge is 0.332 e. The van der Waals surface area contributed by atoms with Crippen LogP contribution in [-0.4, -0.2) is 24.6 Å². The zero-order chi connectivity index (χ0) is 20.0. The van der Waals surface area contributed by atoms with Crippen molar-refractivity contribution in [2.75, 3.05) is 0 Å². The highest BCUT2D eigenvalue weighted by Gasteiger charge is 2.33. The van der Waals surface area contributed by atoms with Crippen molar-refractivity contribution < 1.29 is 4.79 Å². The number of nitrogens with one attached hydrogen (secondary N) is 1. The van der Waals surface area contributed by atoms with Crippen molar-refractivity contribution in [2.24, 2.45) is 20.0 Å². The van der Waals surface area contributed by atoms with Crippen molar-refractivity contribution >= 4 is 28.7 Å². The lowest BCUT2D eigenvalue weighted by molar-refractivity contribution is -0.122. The van der Waals surface area contributed by atoms with E-state index in [1.54, 1.807) is 7.05 Å². The molecule has 0 spiro atoms. The number of hydrogen-bond acceptors (Lipinski definition) is 4. The van der Waals surface area contributed by atoms with Crippen LogP contribution in [-0.2, 0) is 25.4 Å². The summed E-state index contributed by atoms with van der Waals surface area (Å²) < 4.78 is 3.79. The van der Waals surface area contributed by atoms with Crippen molar-refractivity contribution in [1.29, 1.82) is 0 Å². The van der Waals surface area contributed by atoms with Crippen LogP contribution in [0, 0.1) is 5.92 Å². The third kappa shape index (κ3) is 3.24. The van der Waals surface area contributed by atoms with Gasteiger partial charge in [-0.05, 0) is 36.5 Å². The van der Waals surface area contributed by atoms with Gasteiger partial charge in [-0.2, -0.15) is 0 Å². The fourth-order valence-corrected chi connectivity index (χ4v) is 3.59. The summed E-state index contributed by atoms with van der Waals surface area (Å²) in [5.41, 5.74) is 0.573. The van der Waals surface area contributed by atoms with Crippen LogP contribution in [0.25, 0.3) is 11.2 Å². The predicted molar refractivity (Wildman–Crippen MR) is 105 cm³/mol. The fourth-order valence-electron chi connectivity index (χ4n) is 3.46. The van der Waals surface area contributed by atoms with E-state index in [-0.39, 0.29) is 29.7 Å². The first kappa shape index (κ1) is 18.5. The highest BCUT2D eigenvalue weighted by molar-refractivity contribution is 6.30. The van der Waals surface area contributed by atoms with Gasteiger partial charge in [-0.15, -0.1) is 0 Å². The zero-order valence-electron chi connectivity index (χ0n) is 15.6. The van der Waals surface area contributed by atoms with Crippen LogP contribution in [0.5, 0.6) is 0 Å². The fraction of sp³-hybridized carbons (Fsp3) is 0.368. The highest BCUT2D eigenvalue weighted by atomic mass is 35.5. The molecule has 4 rings (SSSR count). The molecule has 1 aliphatic rings. The van der Waals surface area contributed by atoms with E-state index in [0.717, 1.165) is 23.0 Å². The standard InChI is InChI=1S/C19H20ClN5O3/c1-23-17-16(18(27)24(2)19(23)28)25(10-21-17)9-14(26)22-15(11-3-4-11)12-5-7-13(20)8-6-12/h5-8,10-11,15H,3-4,9H2,1-2H3,(H,22,26). The topological polar surface area (TPSA) is 90.9 Å². The van der Waals surface area contributed by atoms with E-state index in [1.807, 2.05) is 24.3 Å². The average Bonchev–Trinajstić information content (AvgIpc) is 3.44. The molecule has 1 aliphatic carbocycles. The molecular formula is C19H20ClN5O3. The molecule has 1 amide bonds. The normalized spacial score (nSPS) is 15.0. The molecule has 28 heavy (non-hydrogen) atoms. The van der Waals surface area contributed by atoms with E-state index in [0.29, 0.717) is 10.9 Å². The van der Waals surface area contributed by atoms with Gasteiger partial charge < -0.3 is 9.88 Å². The maximum atomic E-state index is 12.7. The first-order chi connectivity index (χ1) is 13.4. The van der Waals surface area contributed by atoms with Crippen molar-refractivity contribution in [3.8, 4) is 0 Å². The number of aryl methyl sites for hydroxylation is 1. The van der Waals surface area contributed by atoms with E-state index in [1.165, 1.54) is 22.5 Å². The Bertz CT molecular complexity index is 1170. The molecular weight excluding hydrogens is 382 g/mol. The third-order valence-corrected chi connectivity index (χ3v) is 5.42. The number of amides is 1. The molecule has 2 heterocycles. The lowest BCUT2D eigenvalue weighted by atomic mass is 10.0. The molecule has 1 atom stereocenters. The van der Waals surface area contributed by atoms with Gasteiger partial charge in [-0.3, -0.25) is 18.7 Å². The number of nitrogens with zero attached hydrogens (tertiary/aromatic N) is 4. The van der Waals surface area contributed by atoms with E-state index in [2.05, 4.69) is 10.3 Å². The Hall–Kier alpha value is -2.87. The number of carbonyl (C=O) groups is 1. The van der Waals surface area contributed by atoms with Crippen LogP contribution in [0.3, 0.4) is 0 Å². The van der Waals surface area contributed by atoms with Gasteiger partial charge in [-0.25, -0.2) is 9.78 Å². The van der Waals surface area contributed by atoms with Crippen LogP contribution in [0.4, 0.5) is 0 Å². The number of hydrogen-bond donors (Lipinski definition) is 1. The summed E-state index contributed by atoms with van der Waals surface area (Å²) >= 11 is 5.97. The van der Waals surface area contributed by atoms with E-state index in [4.69, 9.17) is 11.6 Å². The predicted octanol–water partition coefficient (Wildman–Crippen LogP) is 1.35. The van der Waals surface area contributed by atoms with E-state index >= 15 is 0 Å². The van der Waals surface area contributed by atoms with Crippen LogP contribution in [0.2, 0.25) is 5.02 Å². The second kappa shape index (κ2) is 6.94. The third-order valence-electron chi connectivity index (χ3n) is 5.17. The largest absolute Gasteiger partial charge is 0.347 e. The maximum absolute atomic E-state index is 12.7. The van der Waals surface area contributed by atoms with Crippen molar-refractivity contribution in [2.45, 2.75) is 25.4 Å². The highest BCUT2D eigenvalue weighted by Crippen LogP contribution is 2.41. The second-order valence-electron chi connectivity index (χ2n) is 7.18. The van der Waals surface area contributed by atoms with Gasteiger partial charge in [-0.1, -0.05) is 23.7 Å². The summed E-state index contributed by atoms with van der Waals surface area (Å²) in [6.07, 6.45) is 3.54. The molecule has 146 valence electrons.